The lowest BCUT2D eigenvalue weighted by atomic mass is 10.2. The van der Waals surface area contributed by atoms with Crippen LogP contribution >= 0.6 is 0 Å². The maximum absolute atomic E-state index is 5.69. The van der Waals surface area contributed by atoms with Crippen LogP contribution in [0.3, 0.4) is 0 Å². The van der Waals surface area contributed by atoms with E-state index in [1.54, 1.807) is 0 Å². The smallest absolute Gasteiger partial charge is 0.284 e. The predicted molar refractivity (Wildman–Crippen MR) is 44.5 cm³/mol. The summed E-state index contributed by atoms with van der Waals surface area (Å²) in [6.07, 6.45) is 0.620. The van der Waals surface area contributed by atoms with Gasteiger partial charge < -0.3 is 19.9 Å². The Bertz CT molecular complexity index is 129. The fraction of sp³-hybridized carbons (Fsp3) is 1.00. The summed E-state index contributed by atoms with van der Waals surface area (Å²) in [4.78, 5) is 0. The van der Waals surface area contributed by atoms with Crippen LogP contribution in [0.5, 0.6) is 0 Å². The van der Waals surface area contributed by atoms with Gasteiger partial charge in [-0.15, -0.1) is 0 Å². The molecule has 4 heteroatoms. The van der Waals surface area contributed by atoms with Gasteiger partial charge in [0.1, 0.15) is 0 Å². The molecular weight excluding hydrogens is 158 g/mol. The molecule has 0 spiro atoms. The van der Waals surface area contributed by atoms with Gasteiger partial charge in [0.15, 0.2) is 0 Å². The van der Waals surface area contributed by atoms with Crippen molar-refractivity contribution in [2.24, 2.45) is 5.73 Å². The molecule has 0 amide bonds. The Kier molecular flexibility index (Phi) is 3.46. The topological polar surface area (TPSA) is 53.7 Å². The van der Waals surface area contributed by atoms with Crippen molar-refractivity contribution in [3.8, 4) is 0 Å². The molecule has 0 aliphatic carbocycles. The Labute approximate surface area is 73.0 Å². The fourth-order valence-corrected chi connectivity index (χ4v) is 1.36. The summed E-state index contributed by atoms with van der Waals surface area (Å²) >= 11 is 0. The Morgan fingerprint density at radius 1 is 1.42 bits per heavy atom. The highest BCUT2D eigenvalue weighted by molar-refractivity contribution is 4.76. The third-order valence-electron chi connectivity index (χ3n) is 1.76. The number of hydrogen-bond acceptors (Lipinski definition) is 4. The lowest BCUT2D eigenvalue weighted by Crippen LogP contribution is -2.36. The van der Waals surface area contributed by atoms with E-state index in [9.17, 15) is 0 Å². The predicted octanol–water partition coefficient (Wildman–Crippen LogP) is 0.461. The molecule has 0 radical (unpaired) electrons. The highest BCUT2D eigenvalue weighted by Gasteiger charge is 2.41. The lowest BCUT2D eigenvalue weighted by Gasteiger charge is -2.26. The van der Waals surface area contributed by atoms with Crippen LogP contribution in [0.2, 0.25) is 0 Å². The van der Waals surface area contributed by atoms with Crippen molar-refractivity contribution >= 4 is 0 Å². The van der Waals surface area contributed by atoms with Gasteiger partial charge in [0.25, 0.3) is 5.97 Å². The quantitative estimate of drug-likeness (QED) is 0.631. The molecule has 1 fully saturated rings. The molecule has 0 aromatic carbocycles. The van der Waals surface area contributed by atoms with E-state index in [2.05, 4.69) is 0 Å². The molecule has 1 saturated heterocycles. The van der Waals surface area contributed by atoms with Crippen molar-refractivity contribution in [3.63, 3.8) is 0 Å². The lowest BCUT2D eigenvalue weighted by molar-refractivity contribution is -0.358. The maximum Gasteiger partial charge on any atom is 0.284 e. The molecule has 0 saturated carbocycles. The van der Waals surface area contributed by atoms with Crippen molar-refractivity contribution in [3.05, 3.63) is 0 Å². The second kappa shape index (κ2) is 4.18. The van der Waals surface area contributed by atoms with Crippen LogP contribution in [0.1, 0.15) is 20.3 Å². The first-order valence-electron chi connectivity index (χ1n) is 4.40. The summed E-state index contributed by atoms with van der Waals surface area (Å²) in [7, 11) is 0. The summed E-state index contributed by atoms with van der Waals surface area (Å²) < 4.78 is 16.1. The molecule has 0 bridgehead atoms. The van der Waals surface area contributed by atoms with Crippen molar-refractivity contribution < 1.29 is 14.2 Å². The van der Waals surface area contributed by atoms with E-state index >= 15 is 0 Å². The van der Waals surface area contributed by atoms with Crippen molar-refractivity contribution in [1.82, 2.24) is 0 Å². The molecule has 0 aromatic heterocycles. The van der Waals surface area contributed by atoms with E-state index in [0.29, 0.717) is 26.2 Å². The minimum absolute atomic E-state index is 0.0306. The molecular formula is C8H17NO3. The molecule has 1 unspecified atom stereocenters. The van der Waals surface area contributed by atoms with Crippen LogP contribution in [0, 0.1) is 0 Å². The summed E-state index contributed by atoms with van der Waals surface area (Å²) in [5.41, 5.74) is 5.69. The molecule has 1 rings (SSSR count). The van der Waals surface area contributed by atoms with Gasteiger partial charge in [0.2, 0.25) is 0 Å². The Morgan fingerprint density at radius 2 is 2.00 bits per heavy atom. The Balaban J connectivity index is 2.48. The SMILES string of the molecule is CCOC1(OCC)CC(N)CO1. The van der Waals surface area contributed by atoms with E-state index in [4.69, 9.17) is 19.9 Å². The van der Waals surface area contributed by atoms with Gasteiger partial charge in [-0.05, 0) is 13.8 Å². The minimum Gasteiger partial charge on any atom is -0.328 e. The van der Waals surface area contributed by atoms with Crippen LogP contribution in [0.25, 0.3) is 0 Å². The monoisotopic (exact) mass is 175 g/mol. The highest BCUT2D eigenvalue weighted by Crippen LogP contribution is 2.27. The third kappa shape index (κ3) is 2.17. The van der Waals surface area contributed by atoms with E-state index in [-0.39, 0.29) is 6.04 Å². The van der Waals surface area contributed by atoms with E-state index < -0.39 is 5.97 Å². The third-order valence-corrected chi connectivity index (χ3v) is 1.76. The van der Waals surface area contributed by atoms with Crippen molar-refractivity contribution in [2.45, 2.75) is 32.3 Å². The van der Waals surface area contributed by atoms with Gasteiger partial charge in [-0.25, -0.2) is 0 Å². The largest absolute Gasteiger partial charge is 0.328 e. The van der Waals surface area contributed by atoms with Crippen LogP contribution in [-0.4, -0.2) is 31.8 Å². The van der Waals surface area contributed by atoms with Gasteiger partial charge >= 0.3 is 0 Å². The molecule has 1 aliphatic rings. The normalized spacial score (nSPS) is 27.8. The van der Waals surface area contributed by atoms with Crippen LogP contribution in [0.4, 0.5) is 0 Å². The molecule has 12 heavy (non-hydrogen) atoms. The summed E-state index contributed by atoms with van der Waals surface area (Å²) in [5, 5.41) is 0. The van der Waals surface area contributed by atoms with Gasteiger partial charge in [0, 0.05) is 25.7 Å². The Hall–Kier alpha value is -0.160. The first-order chi connectivity index (χ1) is 5.72. The van der Waals surface area contributed by atoms with E-state index in [1.165, 1.54) is 0 Å². The minimum atomic E-state index is -0.858. The molecule has 2 N–H and O–H groups in total. The summed E-state index contributed by atoms with van der Waals surface area (Å²) in [5.74, 6) is -0.858. The van der Waals surface area contributed by atoms with Crippen LogP contribution < -0.4 is 5.73 Å². The van der Waals surface area contributed by atoms with Crippen LogP contribution in [-0.2, 0) is 14.2 Å². The standard InChI is InChI=1S/C8H17NO3/c1-3-10-8(11-4-2)5-7(9)6-12-8/h7H,3-6,9H2,1-2H3. The number of hydrogen-bond donors (Lipinski definition) is 1. The second-order valence-corrected chi connectivity index (χ2v) is 2.82. The fourth-order valence-electron chi connectivity index (χ4n) is 1.36. The van der Waals surface area contributed by atoms with Gasteiger partial charge in [-0.3, -0.25) is 0 Å². The number of rotatable bonds is 4. The van der Waals surface area contributed by atoms with Gasteiger partial charge in [-0.2, -0.15) is 0 Å². The molecule has 1 heterocycles. The van der Waals surface area contributed by atoms with Crippen LogP contribution in [0.15, 0.2) is 0 Å². The molecule has 4 nitrogen and oxygen atoms in total. The van der Waals surface area contributed by atoms with Crippen molar-refractivity contribution in [2.75, 3.05) is 19.8 Å². The van der Waals surface area contributed by atoms with E-state index in [0.717, 1.165) is 0 Å². The van der Waals surface area contributed by atoms with E-state index in [1.807, 2.05) is 13.8 Å². The second-order valence-electron chi connectivity index (χ2n) is 2.82. The zero-order chi connectivity index (χ0) is 9.03. The van der Waals surface area contributed by atoms with Gasteiger partial charge in [-0.1, -0.05) is 0 Å². The first kappa shape index (κ1) is 9.92. The zero-order valence-corrected chi connectivity index (χ0v) is 7.71. The summed E-state index contributed by atoms with van der Waals surface area (Å²) in [6.45, 7) is 5.49. The molecule has 1 atom stereocenters. The average molecular weight is 175 g/mol. The number of ether oxygens (including phenoxy) is 3. The molecule has 0 aromatic rings. The Morgan fingerprint density at radius 3 is 2.33 bits per heavy atom. The summed E-state index contributed by atoms with van der Waals surface area (Å²) in [6, 6.07) is 0.0306. The van der Waals surface area contributed by atoms with Gasteiger partial charge in [0.05, 0.1) is 6.61 Å². The zero-order valence-electron chi connectivity index (χ0n) is 7.71. The average Bonchev–Trinajstić information content (AvgIpc) is 2.34. The first-order valence-corrected chi connectivity index (χ1v) is 4.40. The van der Waals surface area contributed by atoms with Crippen molar-refractivity contribution in [1.29, 1.82) is 0 Å². The molecule has 1 aliphatic heterocycles. The molecule has 72 valence electrons. The maximum atomic E-state index is 5.69. The number of nitrogens with two attached hydrogens (primary N) is 1. The highest BCUT2D eigenvalue weighted by atomic mass is 16.9.